The molecule has 1 aliphatic heterocycles. The van der Waals surface area contributed by atoms with Crippen molar-refractivity contribution in [3.63, 3.8) is 0 Å². The van der Waals surface area contributed by atoms with Gasteiger partial charge in [0.05, 0.1) is 17.8 Å². The summed E-state index contributed by atoms with van der Waals surface area (Å²) < 4.78 is 34.1. The van der Waals surface area contributed by atoms with E-state index in [1.54, 1.807) is 12.1 Å². The number of rotatable bonds is 7. The van der Waals surface area contributed by atoms with Gasteiger partial charge in [0, 0.05) is 5.92 Å². The van der Waals surface area contributed by atoms with Crippen molar-refractivity contribution < 1.29 is 22.1 Å². The van der Waals surface area contributed by atoms with Gasteiger partial charge in [-0.25, -0.2) is 0 Å². The Labute approximate surface area is 149 Å². The fourth-order valence-corrected chi connectivity index (χ4v) is 4.93. The van der Waals surface area contributed by atoms with Gasteiger partial charge in [-0.2, -0.15) is 8.42 Å². The molecule has 6 heteroatoms. The van der Waals surface area contributed by atoms with Crippen LogP contribution in [0.15, 0.2) is 36.4 Å². The van der Waals surface area contributed by atoms with Crippen LogP contribution in [0.4, 0.5) is 0 Å². The van der Waals surface area contributed by atoms with E-state index in [-0.39, 0.29) is 17.6 Å². The van der Waals surface area contributed by atoms with E-state index in [1.807, 2.05) is 19.1 Å². The highest BCUT2D eigenvalue weighted by Crippen LogP contribution is 2.52. The summed E-state index contributed by atoms with van der Waals surface area (Å²) >= 11 is 0. The van der Waals surface area contributed by atoms with Gasteiger partial charge in [-0.05, 0) is 43.4 Å². The van der Waals surface area contributed by atoms with E-state index < -0.39 is 15.5 Å². The molecule has 0 spiro atoms. The largest absolute Gasteiger partial charge is 0.465 e. The van der Waals surface area contributed by atoms with Gasteiger partial charge < -0.3 is 8.92 Å². The van der Waals surface area contributed by atoms with Crippen LogP contribution < -0.4 is 4.18 Å². The van der Waals surface area contributed by atoms with Gasteiger partial charge in [-0.3, -0.25) is 4.79 Å². The number of hydrogen-bond acceptors (Lipinski definition) is 5. The predicted octanol–water partition coefficient (Wildman–Crippen LogP) is 3.25. The Morgan fingerprint density at radius 1 is 1.32 bits per heavy atom. The maximum atomic E-state index is 12.3. The highest BCUT2D eigenvalue weighted by Gasteiger charge is 2.55. The third kappa shape index (κ3) is 3.73. The van der Waals surface area contributed by atoms with Crippen molar-refractivity contribution in [2.75, 3.05) is 12.4 Å². The molecule has 2 fully saturated rings. The number of carbonyl (C=O) groups is 1. The summed E-state index contributed by atoms with van der Waals surface area (Å²) in [5.74, 6) is 0.375. The minimum Gasteiger partial charge on any atom is -0.465 e. The molecule has 2 atom stereocenters. The second-order valence-corrected chi connectivity index (χ2v) is 8.79. The molecule has 1 aromatic rings. The molecule has 0 amide bonds. The lowest BCUT2D eigenvalue weighted by molar-refractivity contribution is -0.146. The Kier molecular flexibility index (Phi) is 4.91. The Balaban J connectivity index is 1.71. The van der Waals surface area contributed by atoms with Crippen molar-refractivity contribution in [2.45, 2.75) is 39.0 Å². The van der Waals surface area contributed by atoms with Crippen LogP contribution in [0, 0.1) is 11.3 Å². The average molecular weight is 364 g/mol. The Morgan fingerprint density at radius 3 is 2.72 bits per heavy atom. The molecule has 25 heavy (non-hydrogen) atoms. The Bertz CT molecular complexity index is 766. The summed E-state index contributed by atoms with van der Waals surface area (Å²) in [5.41, 5.74) is 1.56. The monoisotopic (exact) mass is 364 g/mol. The van der Waals surface area contributed by atoms with Crippen LogP contribution in [-0.4, -0.2) is 26.7 Å². The van der Waals surface area contributed by atoms with Crippen LogP contribution in [0.3, 0.4) is 0 Å². The highest BCUT2D eigenvalue weighted by molar-refractivity contribution is 7.87. The molecule has 0 N–H and O–H groups in total. The zero-order valence-electron chi connectivity index (χ0n) is 14.5. The summed E-state index contributed by atoms with van der Waals surface area (Å²) in [5, 5.41) is 0. The van der Waals surface area contributed by atoms with E-state index in [1.165, 1.54) is 0 Å². The smallest absolute Gasteiger partial charge is 0.313 e. The summed E-state index contributed by atoms with van der Waals surface area (Å²) in [6.45, 7) is 6.44. The van der Waals surface area contributed by atoms with Crippen molar-refractivity contribution in [3.05, 3.63) is 42.0 Å². The maximum absolute atomic E-state index is 12.3. The maximum Gasteiger partial charge on any atom is 0.313 e. The molecule has 2 unspecified atom stereocenters. The lowest BCUT2D eigenvalue weighted by Crippen LogP contribution is -2.31. The first-order chi connectivity index (χ1) is 11.8. The average Bonchev–Trinajstić information content (AvgIpc) is 3.02. The number of esters is 1. The number of benzene rings is 1. The molecule has 1 aromatic carbocycles. The minimum atomic E-state index is -3.55. The number of unbranched alkanes of at least 4 members (excludes halogenated alkanes) is 1. The molecule has 0 aromatic heterocycles. The molecule has 0 radical (unpaired) electrons. The summed E-state index contributed by atoms with van der Waals surface area (Å²) in [7, 11) is -3.55. The second-order valence-electron chi connectivity index (χ2n) is 7.10. The van der Waals surface area contributed by atoms with Gasteiger partial charge in [0.2, 0.25) is 0 Å². The van der Waals surface area contributed by atoms with Crippen molar-refractivity contribution in [1.29, 1.82) is 0 Å². The molecule has 2 aliphatic rings. The zero-order chi connectivity index (χ0) is 18.1. The number of carbonyl (C=O) groups excluding carboxylic acids is 1. The third-order valence-corrected chi connectivity index (χ3v) is 6.35. The molecule has 136 valence electrons. The molecule has 1 heterocycles. The summed E-state index contributed by atoms with van der Waals surface area (Å²) in [4.78, 5) is 12.3. The van der Waals surface area contributed by atoms with Gasteiger partial charge in [0.1, 0.15) is 5.75 Å². The molecule has 1 saturated heterocycles. The van der Waals surface area contributed by atoms with Crippen LogP contribution >= 0.6 is 0 Å². The number of allylic oxidation sites excluding steroid dienone is 1. The van der Waals surface area contributed by atoms with Gasteiger partial charge in [-0.1, -0.05) is 37.6 Å². The van der Waals surface area contributed by atoms with Crippen molar-refractivity contribution in [2.24, 2.45) is 11.3 Å². The highest BCUT2D eigenvalue weighted by atomic mass is 32.2. The number of cyclic esters (lactones) is 1. The number of ether oxygens (including phenoxy) is 1. The standard InChI is InChI=1S/C19H24O5S/c1-3-4-9-25(21,22)24-17-7-5-15(6-8-17)12-19-11-14(2)10-16(19)13-23-18(19)20/h5-8,16H,2-4,9-13H2,1H3. The lowest BCUT2D eigenvalue weighted by atomic mass is 9.75. The van der Waals surface area contributed by atoms with E-state index in [9.17, 15) is 13.2 Å². The van der Waals surface area contributed by atoms with Crippen LogP contribution in [0.1, 0.15) is 38.2 Å². The van der Waals surface area contributed by atoms with Gasteiger partial charge in [0.25, 0.3) is 0 Å². The first-order valence-corrected chi connectivity index (χ1v) is 10.3. The van der Waals surface area contributed by atoms with E-state index in [2.05, 4.69) is 6.58 Å². The van der Waals surface area contributed by atoms with Gasteiger partial charge in [-0.15, -0.1) is 0 Å². The molecular formula is C19H24O5S. The van der Waals surface area contributed by atoms with Gasteiger partial charge in [0.15, 0.2) is 0 Å². The van der Waals surface area contributed by atoms with Crippen LogP contribution in [0.5, 0.6) is 5.75 Å². The molecule has 1 aliphatic carbocycles. The normalized spacial score (nSPS) is 25.7. The Hall–Kier alpha value is -1.82. The first-order valence-electron chi connectivity index (χ1n) is 8.69. The van der Waals surface area contributed by atoms with Crippen molar-refractivity contribution in [3.8, 4) is 5.75 Å². The lowest BCUT2D eigenvalue weighted by Gasteiger charge is -2.24. The number of fused-ring (bicyclic) bond motifs is 1. The SMILES string of the molecule is C=C1CC2COC(=O)C2(Cc2ccc(OS(=O)(=O)CCCC)cc2)C1. The van der Waals surface area contributed by atoms with Crippen LogP contribution in [0.2, 0.25) is 0 Å². The van der Waals surface area contributed by atoms with E-state index in [0.717, 1.165) is 24.0 Å². The third-order valence-electron chi connectivity index (χ3n) is 5.12. The van der Waals surface area contributed by atoms with Crippen molar-refractivity contribution >= 4 is 16.1 Å². The molecule has 3 rings (SSSR count). The quantitative estimate of drug-likeness (QED) is 0.422. The van der Waals surface area contributed by atoms with E-state index in [0.29, 0.717) is 31.6 Å². The Morgan fingerprint density at radius 2 is 2.04 bits per heavy atom. The van der Waals surface area contributed by atoms with Gasteiger partial charge >= 0.3 is 16.1 Å². The molecular weight excluding hydrogens is 340 g/mol. The molecule has 5 nitrogen and oxygen atoms in total. The second kappa shape index (κ2) is 6.83. The summed E-state index contributed by atoms with van der Waals surface area (Å²) in [6, 6.07) is 6.94. The fraction of sp³-hybridized carbons (Fsp3) is 0.526. The number of hydrogen-bond donors (Lipinski definition) is 0. The fourth-order valence-electron chi connectivity index (χ4n) is 3.80. The summed E-state index contributed by atoms with van der Waals surface area (Å²) in [6.07, 6.45) is 3.46. The molecule has 1 saturated carbocycles. The zero-order valence-corrected chi connectivity index (χ0v) is 15.3. The van der Waals surface area contributed by atoms with E-state index in [4.69, 9.17) is 8.92 Å². The van der Waals surface area contributed by atoms with Crippen molar-refractivity contribution in [1.82, 2.24) is 0 Å². The molecule has 0 bridgehead atoms. The minimum absolute atomic E-state index is 0.0179. The van der Waals surface area contributed by atoms with E-state index >= 15 is 0 Å². The predicted molar refractivity (Wildman–Crippen MR) is 94.7 cm³/mol. The topological polar surface area (TPSA) is 69.7 Å². The van der Waals surface area contributed by atoms with Crippen LogP contribution in [0.25, 0.3) is 0 Å². The first kappa shape index (κ1) is 18.0. The van der Waals surface area contributed by atoms with Crippen LogP contribution in [-0.2, 0) is 26.1 Å².